The van der Waals surface area contributed by atoms with Crippen LogP contribution in [0.4, 0.5) is 11.5 Å². The van der Waals surface area contributed by atoms with Crippen molar-refractivity contribution in [3.05, 3.63) is 57.8 Å². The van der Waals surface area contributed by atoms with Crippen LogP contribution in [0.1, 0.15) is 5.56 Å². The normalized spacial score (nSPS) is 10.8. The summed E-state index contributed by atoms with van der Waals surface area (Å²) in [6.45, 7) is 2.02. The predicted molar refractivity (Wildman–Crippen MR) is 86.7 cm³/mol. The molecule has 20 heavy (non-hydrogen) atoms. The molecule has 0 unspecified atom stereocenters. The molecule has 1 aromatic carbocycles. The summed E-state index contributed by atoms with van der Waals surface area (Å²) in [5.74, 6) is 0.778. The third-order valence-electron chi connectivity index (χ3n) is 3.03. The van der Waals surface area contributed by atoms with Crippen molar-refractivity contribution >= 4 is 49.9 Å². The minimum absolute atomic E-state index is 0.693. The maximum atomic E-state index is 6.19. The summed E-state index contributed by atoms with van der Waals surface area (Å²) in [4.78, 5) is 8.74. The SMILES string of the molecule is Cc1cc(Nc2ccc(Cl)c3cccnc23)ncc1Br. The lowest BCUT2D eigenvalue weighted by atomic mass is 10.2. The Hall–Kier alpha value is -1.65. The van der Waals surface area contributed by atoms with Crippen LogP contribution in [0.25, 0.3) is 10.9 Å². The summed E-state index contributed by atoms with van der Waals surface area (Å²) < 4.78 is 0.988. The van der Waals surface area contributed by atoms with Crippen LogP contribution in [-0.2, 0) is 0 Å². The third-order valence-corrected chi connectivity index (χ3v) is 4.19. The van der Waals surface area contributed by atoms with E-state index in [1.165, 1.54) is 0 Å². The van der Waals surface area contributed by atoms with E-state index in [2.05, 4.69) is 31.2 Å². The summed E-state index contributed by atoms with van der Waals surface area (Å²) in [5, 5.41) is 4.91. The Morgan fingerprint density at radius 3 is 2.85 bits per heavy atom. The summed E-state index contributed by atoms with van der Waals surface area (Å²) in [5.41, 5.74) is 2.84. The van der Waals surface area contributed by atoms with Gasteiger partial charge in [-0.15, -0.1) is 0 Å². The lowest BCUT2D eigenvalue weighted by Crippen LogP contribution is -1.96. The van der Waals surface area contributed by atoms with E-state index in [1.807, 2.05) is 37.3 Å². The standard InChI is InChI=1S/C15H11BrClN3/c1-9-7-14(19-8-11(9)16)20-13-5-4-12(17)10-3-2-6-18-15(10)13/h2-8H,1H3,(H,19,20). The van der Waals surface area contributed by atoms with Crippen molar-refractivity contribution in [3.8, 4) is 0 Å². The van der Waals surface area contributed by atoms with Gasteiger partial charge in [0.1, 0.15) is 5.82 Å². The minimum Gasteiger partial charge on any atom is -0.338 e. The first-order chi connectivity index (χ1) is 9.65. The van der Waals surface area contributed by atoms with Crippen LogP contribution in [-0.4, -0.2) is 9.97 Å². The number of aromatic nitrogens is 2. The van der Waals surface area contributed by atoms with Gasteiger partial charge in [0.2, 0.25) is 0 Å². The summed E-state index contributed by atoms with van der Waals surface area (Å²) in [6.07, 6.45) is 3.54. The molecule has 0 fully saturated rings. The van der Waals surface area contributed by atoms with Gasteiger partial charge in [-0.05, 0) is 58.7 Å². The number of hydrogen-bond acceptors (Lipinski definition) is 3. The first-order valence-corrected chi connectivity index (χ1v) is 7.24. The Balaban J connectivity index is 2.06. The summed E-state index contributed by atoms with van der Waals surface area (Å²) >= 11 is 9.63. The number of fused-ring (bicyclic) bond motifs is 1. The summed E-state index contributed by atoms with van der Waals surface area (Å²) in [6, 6.07) is 9.58. The molecule has 0 bridgehead atoms. The van der Waals surface area contributed by atoms with Gasteiger partial charge in [0.25, 0.3) is 0 Å². The molecule has 3 nitrogen and oxygen atoms in total. The van der Waals surface area contributed by atoms with Gasteiger partial charge in [0.05, 0.1) is 16.2 Å². The average Bonchev–Trinajstić information content (AvgIpc) is 2.46. The Morgan fingerprint density at radius 1 is 1.20 bits per heavy atom. The van der Waals surface area contributed by atoms with E-state index in [4.69, 9.17) is 11.6 Å². The minimum atomic E-state index is 0.693. The second-order valence-corrected chi connectivity index (χ2v) is 5.70. The topological polar surface area (TPSA) is 37.8 Å². The molecule has 0 saturated heterocycles. The van der Waals surface area contributed by atoms with Crippen molar-refractivity contribution in [2.24, 2.45) is 0 Å². The number of aryl methyl sites for hydroxylation is 1. The van der Waals surface area contributed by atoms with Crippen molar-refractivity contribution in [1.82, 2.24) is 9.97 Å². The second kappa shape index (κ2) is 5.38. The molecule has 0 radical (unpaired) electrons. The monoisotopic (exact) mass is 347 g/mol. The van der Waals surface area contributed by atoms with Crippen molar-refractivity contribution in [2.45, 2.75) is 6.92 Å². The van der Waals surface area contributed by atoms with E-state index in [0.717, 1.165) is 32.4 Å². The van der Waals surface area contributed by atoms with Gasteiger partial charge in [-0.25, -0.2) is 4.98 Å². The van der Waals surface area contributed by atoms with E-state index < -0.39 is 0 Å². The fourth-order valence-corrected chi connectivity index (χ4v) is 2.42. The number of pyridine rings is 2. The van der Waals surface area contributed by atoms with Crippen LogP contribution >= 0.6 is 27.5 Å². The smallest absolute Gasteiger partial charge is 0.130 e. The lowest BCUT2D eigenvalue weighted by Gasteiger charge is -2.10. The highest BCUT2D eigenvalue weighted by molar-refractivity contribution is 9.10. The van der Waals surface area contributed by atoms with Crippen molar-refractivity contribution in [3.63, 3.8) is 0 Å². The first kappa shape index (κ1) is 13.3. The van der Waals surface area contributed by atoms with Gasteiger partial charge in [0.15, 0.2) is 0 Å². The molecule has 0 atom stereocenters. The maximum absolute atomic E-state index is 6.19. The highest BCUT2D eigenvalue weighted by atomic mass is 79.9. The molecule has 0 amide bonds. The van der Waals surface area contributed by atoms with Crippen LogP contribution < -0.4 is 5.32 Å². The molecule has 5 heteroatoms. The lowest BCUT2D eigenvalue weighted by molar-refractivity contribution is 1.25. The van der Waals surface area contributed by atoms with Crippen molar-refractivity contribution < 1.29 is 0 Å². The first-order valence-electron chi connectivity index (χ1n) is 6.07. The Bertz CT molecular complexity index is 789. The van der Waals surface area contributed by atoms with Crippen LogP contribution in [0.3, 0.4) is 0 Å². The Morgan fingerprint density at radius 2 is 2.05 bits per heavy atom. The molecule has 0 aliphatic rings. The molecule has 0 saturated carbocycles. The molecule has 2 heterocycles. The molecular weight excluding hydrogens is 338 g/mol. The van der Waals surface area contributed by atoms with Gasteiger partial charge in [-0.2, -0.15) is 0 Å². The summed E-state index contributed by atoms with van der Waals surface area (Å²) in [7, 11) is 0. The van der Waals surface area contributed by atoms with Gasteiger partial charge in [0, 0.05) is 22.3 Å². The molecule has 0 aliphatic carbocycles. The van der Waals surface area contributed by atoms with E-state index in [0.29, 0.717) is 5.02 Å². The molecule has 100 valence electrons. The number of nitrogens with zero attached hydrogens (tertiary/aromatic N) is 2. The molecule has 0 aliphatic heterocycles. The largest absolute Gasteiger partial charge is 0.338 e. The van der Waals surface area contributed by atoms with Crippen LogP contribution in [0.15, 0.2) is 47.2 Å². The molecular formula is C15H11BrClN3. The number of rotatable bonds is 2. The molecule has 0 spiro atoms. The van der Waals surface area contributed by atoms with Crippen LogP contribution in [0.5, 0.6) is 0 Å². The van der Waals surface area contributed by atoms with E-state index in [9.17, 15) is 0 Å². The van der Waals surface area contributed by atoms with Gasteiger partial charge in [-0.3, -0.25) is 4.98 Å². The van der Waals surface area contributed by atoms with E-state index in [-0.39, 0.29) is 0 Å². The maximum Gasteiger partial charge on any atom is 0.130 e. The average molecular weight is 349 g/mol. The quantitative estimate of drug-likeness (QED) is 0.700. The number of hydrogen-bond donors (Lipinski definition) is 1. The predicted octanol–water partition coefficient (Wildman–Crippen LogP) is 5.10. The molecule has 1 N–H and O–H groups in total. The molecule has 3 aromatic rings. The Labute approximate surface area is 130 Å². The number of benzene rings is 1. The van der Waals surface area contributed by atoms with E-state index in [1.54, 1.807) is 12.4 Å². The number of nitrogens with one attached hydrogen (secondary N) is 1. The highest BCUT2D eigenvalue weighted by Gasteiger charge is 2.07. The number of halogens is 2. The highest BCUT2D eigenvalue weighted by Crippen LogP contribution is 2.30. The van der Waals surface area contributed by atoms with Gasteiger partial charge >= 0.3 is 0 Å². The zero-order valence-electron chi connectivity index (χ0n) is 10.7. The van der Waals surface area contributed by atoms with Crippen LogP contribution in [0, 0.1) is 6.92 Å². The van der Waals surface area contributed by atoms with Crippen molar-refractivity contribution in [2.75, 3.05) is 5.32 Å². The van der Waals surface area contributed by atoms with Gasteiger partial charge in [-0.1, -0.05) is 11.6 Å². The van der Waals surface area contributed by atoms with Gasteiger partial charge < -0.3 is 5.32 Å². The van der Waals surface area contributed by atoms with Crippen LogP contribution in [0.2, 0.25) is 5.02 Å². The third kappa shape index (κ3) is 2.49. The fraction of sp³-hybridized carbons (Fsp3) is 0.0667. The van der Waals surface area contributed by atoms with Crippen molar-refractivity contribution in [1.29, 1.82) is 0 Å². The Kier molecular flexibility index (Phi) is 3.59. The second-order valence-electron chi connectivity index (χ2n) is 4.44. The fourth-order valence-electron chi connectivity index (χ4n) is 1.98. The zero-order valence-corrected chi connectivity index (χ0v) is 13.0. The molecule has 2 aromatic heterocycles. The number of anilines is 2. The van der Waals surface area contributed by atoms with E-state index >= 15 is 0 Å². The molecule has 3 rings (SSSR count). The zero-order chi connectivity index (χ0) is 14.1.